The summed E-state index contributed by atoms with van der Waals surface area (Å²) in [6.45, 7) is 6.69. The zero-order valence-electron chi connectivity index (χ0n) is 11.4. The third kappa shape index (κ3) is 5.33. The third-order valence-electron chi connectivity index (χ3n) is 3.35. The second-order valence-corrected chi connectivity index (χ2v) is 5.30. The molecule has 0 aliphatic heterocycles. The van der Waals surface area contributed by atoms with Crippen molar-refractivity contribution >= 4 is 0 Å². The molecule has 2 heteroatoms. The number of nitrogens with one attached hydrogen (secondary N) is 1. The number of benzene rings is 1. The average Bonchev–Trinajstić information content (AvgIpc) is 2.31. The molecular formula is C15H26N2. The topological polar surface area (TPSA) is 38.0 Å². The number of rotatable bonds is 7. The highest BCUT2D eigenvalue weighted by Crippen LogP contribution is 2.14. The molecule has 0 saturated heterocycles. The highest BCUT2D eigenvalue weighted by atomic mass is 15.2. The summed E-state index contributed by atoms with van der Waals surface area (Å²) in [5.41, 5.74) is 5.77. The van der Waals surface area contributed by atoms with Gasteiger partial charge in [0.1, 0.15) is 0 Å². The molecule has 1 atom stereocenters. The predicted octanol–water partition coefficient (Wildman–Crippen LogP) is 3.20. The zero-order valence-corrected chi connectivity index (χ0v) is 11.4. The maximum Gasteiger partial charge on any atom is 0.0213 e. The normalized spacial score (nSPS) is 13.0. The van der Waals surface area contributed by atoms with Gasteiger partial charge in [-0.15, -0.1) is 0 Å². The van der Waals surface area contributed by atoms with E-state index in [0.29, 0.717) is 6.04 Å². The Morgan fingerprint density at radius 3 is 2.41 bits per heavy atom. The van der Waals surface area contributed by atoms with Crippen LogP contribution in [0.15, 0.2) is 24.3 Å². The van der Waals surface area contributed by atoms with Gasteiger partial charge in [-0.05, 0) is 49.7 Å². The third-order valence-corrected chi connectivity index (χ3v) is 3.35. The highest BCUT2D eigenvalue weighted by molar-refractivity contribution is 5.25. The maximum atomic E-state index is 5.61. The van der Waals surface area contributed by atoms with Crippen LogP contribution in [0.3, 0.4) is 0 Å². The van der Waals surface area contributed by atoms with Crippen molar-refractivity contribution in [3.63, 3.8) is 0 Å². The quantitative estimate of drug-likeness (QED) is 0.561. The second kappa shape index (κ2) is 7.46. The summed E-state index contributed by atoms with van der Waals surface area (Å²) in [5.74, 6) is 6.37. The van der Waals surface area contributed by atoms with Crippen molar-refractivity contribution in [1.29, 1.82) is 0 Å². The summed E-state index contributed by atoms with van der Waals surface area (Å²) < 4.78 is 0. The predicted molar refractivity (Wildman–Crippen MR) is 74.7 cm³/mol. The molecule has 1 aromatic carbocycles. The van der Waals surface area contributed by atoms with E-state index in [1.165, 1.54) is 24.0 Å². The molecule has 0 aromatic heterocycles. The van der Waals surface area contributed by atoms with E-state index in [9.17, 15) is 0 Å². The minimum Gasteiger partial charge on any atom is -0.271 e. The molecule has 0 aliphatic carbocycles. The molecule has 0 aliphatic rings. The first-order valence-electron chi connectivity index (χ1n) is 6.64. The van der Waals surface area contributed by atoms with Gasteiger partial charge in [0.25, 0.3) is 0 Å². The summed E-state index contributed by atoms with van der Waals surface area (Å²) in [6.07, 6.45) is 4.64. The van der Waals surface area contributed by atoms with Crippen LogP contribution in [-0.4, -0.2) is 6.04 Å². The lowest BCUT2D eigenvalue weighted by Crippen LogP contribution is -2.35. The van der Waals surface area contributed by atoms with Gasteiger partial charge in [0.15, 0.2) is 0 Å². The SMILES string of the molecule is Cc1ccccc1CCC(CCC(C)C)NN. The molecule has 3 N–H and O–H groups in total. The van der Waals surface area contributed by atoms with Crippen LogP contribution in [0, 0.1) is 12.8 Å². The second-order valence-electron chi connectivity index (χ2n) is 5.30. The van der Waals surface area contributed by atoms with Gasteiger partial charge in [-0.3, -0.25) is 11.3 Å². The molecule has 2 nitrogen and oxygen atoms in total. The maximum absolute atomic E-state index is 5.61. The number of hydrogen-bond acceptors (Lipinski definition) is 2. The van der Waals surface area contributed by atoms with Gasteiger partial charge in [-0.2, -0.15) is 0 Å². The fourth-order valence-electron chi connectivity index (χ4n) is 2.07. The van der Waals surface area contributed by atoms with Gasteiger partial charge < -0.3 is 0 Å². The number of nitrogens with two attached hydrogens (primary N) is 1. The minimum absolute atomic E-state index is 0.442. The van der Waals surface area contributed by atoms with Gasteiger partial charge in [0, 0.05) is 6.04 Å². The van der Waals surface area contributed by atoms with E-state index in [1.807, 2.05) is 0 Å². The number of hydrazine groups is 1. The monoisotopic (exact) mass is 234 g/mol. The van der Waals surface area contributed by atoms with Gasteiger partial charge in [0.2, 0.25) is 0 Å². The van der Waals surface area contributed by atoms with E-state index in [4.69, 9.17) is 5.84 Å². The van der Waals surface area contributed by atoms with Crippen LogP contribution in [0.1, 0.15) is 44.2 Å². The molecule has 17 heavy (non-hydrogen) atoms. The Hall–Kier alpha value is -0.860. The van der Waals surface area contributed by atoms with E-state index in [0.717, 1.165) is 18.8 Å². The van der Waals surface area contributed by atoms with Crippen molar-refractivity contribution in [3.8, 4) is 0 Å². The molecule has 1 unspecified atom stereocenters. The van der Waals surface area contributed by atoms with Gasteiger partial charge in [0.05, 0.1) is 0 Å². The molecule has 0 saturated carbocycles. The van der Waals surface area contributed by atoms with Crippen LogP contribution >= 0.6 is 0 Å². The Labute approximate surface area is 106 Å². The molecule has 1 rings (SSSR count). The van der Waals surface area contributed by atoms with Crippen molar-refractivity contribution in [1.82, 2.24) is 5.43 Å². The Morgan fingerprint density at radius 1 is 1.12 bits per heavy atom. The van der Waals surface area contributed by atoms with E-state index < -0.39 is 0 Å². The molecule has 96 valence electrons. The summed E-state index contributed by atoms with van der Waals surface area (Å²) in [5, 5.41) is 0. The highest BCUT2D eigenvalue weighted by Gasteiger charge is 2.08. The van der Waals surface area contributed by atoms with Crippen LogP contribution < -0.4 is 11.3 Å². The van der Waals surface area contributed by atoms with Crippen molar-refractivity contribution in [2.45, 2.75) is 52.5 Å². The van der Waals surface area contributed by atoms with Crippen LogP contribution in [0.25, 0.3) is 0 Å². The molecule has 1 aromatic rings. The molecule has 0 radical (unpaired) electrons. The Kier molecular flexibility index (Phi) is 6.23. The molecule has 0 amide bonds. The summed E-state index contributed by atoms with van der Waals surface area (Å²) >= 11 is 0. The largest absolute Gasteiger partial charge is 0.271 e. The van der Waals surface area contributed by atoms with E-state index >= 15 is 0 Å². The Balaban J connectivity index is 2.40. The smallest absolute Gasteiger partial charge is 0.0213 e. The first-order chi connectivity index (χ1) is 8.13. The van der Waals surface area contributed by atoms with Gasteiger partial charge in [-0.25, -0.2) is 0 Å². The van der Waals surface area contributed by atoms with E-state index in [1.54, 1.807) is 0 Å². The zero-order chi connectivity index (χ0) is 12.7. The minimum atomic E-state index is 0.442. The first-order valence-corrected chi connectivity index (χ1v) is 6.64. The number of hydrogen-bond donors (Lipinski definition) is 2. The summed E-state index contributed by atoms with van der Waals surface area (Å²) in [6, 6.07) is 9.04. The van der Waals surface area contributed by atoms with E-state index in [-0.39, 0.29) is 0 Å². The summed E-state index contributed by atoms with van der Waals surface area (Å²) in [4.78, 5) is 0. The van der Waals surface area contributed by atoms with E-state index in [2.05, 4.69) is 50.5 Å². The van der Waals surface area contributed by atoms with Crippen molar-refractivity contribution in [2.24, 2.45) is 11.8 Å². The van der Waals surface area contributed by atoms with Crippen LogP contribution in [0.5, 0.6) is 0 Å². The standard InChI is InChI=1S/C15H26N2/c1-12(2)8-10-15(17-16)11-9-14-7-5-4-6-13(14)3/h4-7,12,15,17H,8-11,16H2,1-3H3. The fourth-order valence-corrected chi connectivity index (χ4v) is 2.07. The van der Waals surface area contributed by atoms with Crippen LogP contribution in [0.2, 0.25) is 0 Å². The Bertz CT molecular complexity index is 320. The Morgan fingerprint density at radius 2 is 1.82 bits per heavy atom. The molecule has 0 fully saturated rings. The fraction of sp³-hybridized carbons (Fsp3) is 0.600. The lowest BCUT2D eigenvalue weighted by molar-refractivity contribution is 0.416. The van der Waals surface area contributed by atoms with Gasteiger partial charge >= 0.3 is 0 Å². The molecule has 0 bridgehead atoms. The van der Waals surface area contributed by atoms with Crippen LogP contribution in [0.4, 0.5) is 0 Å². The van der Waals surface area contributed by atoms with Crippen molar-refractivity contribution in [2.75, 3.05) is 0 Å². The average molecular weight is 234 g/mol. The van der Waals surface area contributed by atoms with Crippen molar-refractivity contribution in [3.05, 3.63) is 35.4 Å². The van der Waals surface area contributed by atoms with Gasteiger partial charge in [-0.1, -0.05) is 38.1 Å². The van der Waals surface area contributed by atoms with Crippen molar-refractivity contribution < 1.29 is 0 Å². The number of aryl methyl sites for hydroxylation is 2. The molecular weight excluding hydrogens is 208 g/mol. The summed E-state index contributed by atoms with van der Waals surface area (Å²) in [7, 11) is 0. The van der Waals surface area contributed by atoms with Crippen LogP contribution in [-0.2, 0) is 6.42 Å². The molecule has 0 spiro atoms. The lowest BCUT2D eigenvalue weighted by atomic mass is 9.97. The first kappa shape index (κ1) is 14.2. The lowest BCUT2D eigenvalue weighted by Gasteiger charge is -2.17. The molecule has 0 heterocycles.